The maximum absolute atomic E-state index is 11.9. The fourth-order valence-electron chi connectivity index (χ4n) is 3.17. The number of carbonyl (C=O) groups is 2. The van der Waals surface area contributed by atoms with Gasteiger partial charge in [0.05, 0.1) is 21.1 Å². The quantitative estimate of drug-likeness (QED) is 0.143. The van der Waals surface area contributed by atoms with Gasteiger partial charge in [0.15, 0.2) is 0 Å². The minimum atomic E-state index is -0.995. The Morgan fingerprint density at radius 2 is 1.29 bits per heavy atom. The maximum Gasteiger partial charge on any atom is 0.385 e. The first kappa shape index (κ1) is 26.6. The second-order valence-electron chi connectivity index (χ2n) is 8.76. The highest BCUT2D eigenvalue weighted by atomic mass is 16.4. The van der Waals surface area contributed by atoms with Crippen molar-refractivity contribution in [1.82, 2.24) is 5.32 Å². The standard InChI is InChI=1S/C23H44N2O3/c1-5-6-7-8-9-10-11-12-13-14-15-16-17-18-19-20-21(26)24-22(23(27)28)25(2,3)4/h12-13,22H,5-11,14-20H2,1-4H3,(H-,24,26,27,28)/p+1. The SMILES string of the molecule is CCCCCCCCC=CCCCCCCCC(=O)NC(C(=O)O)[N+](C)(C)C. The number of quaternary nitrogens is 1. The summed E-state index contributed by atoms with van der Waals surface area (Å²) in [6.07, 6.45) is 20.0. The van der Waals surface area contributed by atoms with Crippen molar-refractivity contribution in [2.24, 2.45) is 0 Å². The van der Waals surface area contributed by atoms with Gasteiger partial charge in [-0.05, 0) is 32.1 Å². The predicted molar refractivity (Wildman–Crippen MR) is 117 cm³/mol. The molecule has 0 spiro atoms. The van der Waals surface area contributed by atoms with E-state index in [4.69, 9.17) is 0 Å². The predicted octanol–water partition coefficient (Wildman–Crippen LogP) is 5.26. The molecule has 1 atom stereocenters. The summed E-state index contributed by atoms with van der Waals surface area (Å²) in [5, 5.41) is 11.9. The van der Waals surface area contributed by atoms with Crippen molar-refractivity contribution in [1.29, 1.82) is 0 Å². The number of hydrogen-bond donors (Lipinski definition) is 2. The molecule has 5 heteroatoms. The molecule has 0 rings (SSSR count). The van der Waals surface area contributed by atoms with E-state index in [1.165, 1.54) is 57.8 Å². The van der Waals surface area contributed by atoms with Crippen LogP contribution >= 0.6 is 0 Å². The van der Waals surface area contributed by atoms with Crippen LogP contribution < -0.4 is 5.32 Å². The van der Waals surface area contributed by atoms with Crippen LogP contribution in [0.3, 0.4) is 0 Å². The number of unbranched alkanes of at least 4 members (excludes halogenated alkanes) is 11. The van der Waals surface area contributed by atoms with Crippen LogP contribution in [0.5, 0.6) is 0 Å². The summed E-state index contributed by atoms with van der Waals surface area (Å²) < 4.78 is 0.174. The van der Waals surface area contributed by atoms with Crippen LogP contribution in [-0.4, -0.2) is 48.8 Å². The normalized spacial score (nSPS) is 13.0. The fourth-order valence-corrected chi connectivity index (χ4v) is 3.17. The van der Waals surface area contributed by atoms with Crippen LogP contribution in [0.15, 0.2) is 12.2 Å². The number of carbonyl (C=O) groups excluding carboxylic acids is 1. The summed E-state index contributed by atoms with van der Waals surface area (Å²) >= 11 is 0. The van der Waals surface area contributed by atoms with E-state index in [1.807, 2.05) is 0 Å². The first-order chi connectivity index (χ1) is 13.3. The number of likely N-dealkylation sites (N-methyl/N-ethyl adjacent to an activating group) is 1. The number of carboxylic acid groups (broad SMARTS) is 1. The van der Waals surface area contributed by atoms with Crippen LogP contribution in [-0.2, 0) is 9.59 Å². The van der Waals surface area contributed by atoms with Gasteiger partial charge in [0, 0.05) is 6.42 Å². The zero-order chi connectivity index (χ0) is 21.3. The van der Waals surface area contributed by atoms with E-state index in [2.05, 4.69) is 24.4 Å². The number of aliphatic carboxylic acids is 1. The molecule has 0 heterocycles. The third kappa shape index (κ3) is 15.7. The van der Waals surface area contributed by atoms with Crippen molar-refractivity contribution in [3.05, 3.63) is 12.2 Å². The molecule has 0 saturated carbocycles. The molecule has 164 valence electrons. The van der Waals surface area contributed by atoms with E-state index in [0.717, 1.165) is 25.7 Å². The average molecular weight is 398 g/mol. The molecular weight excluding hydrogens is 352 g/mol. The van der Waals surface area contributed by atoms with E-state index < -0.39 is 12.1 Å². The lowest BCUT2D eigenvalue weighted by molar-refractivity contribution is -0.889. The maximum atomic E-state index is 11.9. The molecule has 0 aliphatic carbocycles. The zero-order valence-corrected chi connectivity index (χ0v) is 18.8. The molecule has 0 aromatic rings. The Morgan fingerprint density at radius 3 is 1.75 bits per heavy atom. The van der Waals surface area contributed by atoms with Gasteiger partial charge in [0.1, 0.15) is 0 Å². The zero-order valence-electron chi connectivity index (χ0n) is 18.8. The van der Waals surface area contributed by atoms with Crippen molar-refractivity contribution < 1.29 is 19.2 Å². The summed E-state index contributed by atoms with van der Waals surface area (Å²) in [5.74, 6) is -1.16. The molecule has 2 N–H and O–H groups in total. The molecule has 0 saturated heterocycles. The molecule has 0 fully saturated rings. The highest BCUT2D eigenvalue weighted by Crippen LogP contribution is 2.10. The Bertz CT molecular complexity index is 442. The molecule has 0 aliphatic rings. The van der Waals surface area contributed by atoms with Crippen LogP contribution in [0, 0.1) is 0 Å². The molecule has 5 nitrogen and oxygen atoms in total. The van der Waals surface area contributed by atoms with Gasteiger partial charge < -0.3 is 9.59 Å². The molecule has 0 aliphatic heterocycles. The lowest BCUT2D eigenvalue weighted by Crippen LogP contribution is -2.59. The minimum absolute atomic E-state index is 0.168. The van der Waals surface area contributed by atoms with Crippen molar-refractivity contribution in [2.45, 2.75) is 103 Å². The fraction of sp³-hybridized carbons (Fsp3) is 0.826. The first-order valence-electron chi connectivity index (χ1n) is 11.3. The first-order valence-corrected chi connectivity index (χ1v) is 11.3. The summed E-state index contributed by atoms with van der Waals surface area (Å²) in [7, 11) is 5.30. The summed E-state index contributed by atoms with van der Waals surface area (Å²) in [5.41, 5.74) is 0. The van der Waals surface area contributed by atoms with Gasteiger partial charge in [-0.3, -0.25) is 10.1 Å². The van der Waals surface area contributed by atoms with Gasteiger partial charge in [0.25, 0.3) is 6.17 Å². The summed E-state index contributed by atoms with van der Waals surface area (Å²) in [6.45, 7) is 2.25. The summed E-state index contributed by atoms with van der Waals surface area (Å²) in [6, 6.07) is 0. The molecular formula is C23H45N2O3+. The number of hydrogen-bond acceptors (Lipinski definition) is 2. The van der Waals surface area contributed by atoms with E-state index in [1.54, 1.807) is 21.1 Å². The molecule has 0 radical (unpaired) electrons. The Hall–Kier alpha value is -1.36. The van der Waals surface area contributed by atoms with Crippen LogP contribution in [0.4, 0.5) is 0 Å². The van der Waals surface area contributed by atoms with Gasteiger partial charge in [0.2, 0.25) is 5.91 Å². The number of amides is 1. The van der Waals surface area contributed by atoms with Gasteiger partial charge in [-0.2, -0.15) is 0 Å². The number of nitrogens with one attached hydrogen (secondary N) is 1. The second kappa shape index (κ2) is 16.6. The molecule has 28 heavy (non-hydrogen) atoms. The lowest BCUT2D eigenvalue weighted by Gasteiger charge is -2.31. The van der Waals surface area contributed by atoms with Gasteiger partial charge in [-0.1, -0.05) is 70.4 Å². The third-order valence-electron chi connectivity index (χ3n) is 4.97. The Balaban J connectivity index is 3.55. The average Bonchev–Trinajstić information content (AvgIpc) is 2.61. The number of allylic oxidation sites excluding steroid dienone is 2. The molecule has 0 aromatic carbocycles. The van der Waals surface area contributed by atoms with Gasteiger partial charge in [-0.25, -0.2) is 4.79 Å². The number of carboxylic acids is 1. The highest BCUT2D eigenvalue weighted by Gasteiger charge is 2.32. The summed E-state index contributed by atoms with van der Waals surface area (Å²) in [4.78, 5) is 23.2. The lowest BCUT2D eigenvalue weighted by atomic mass is 10.1. The molecule has 0 bridgehead atoms. The topological polar surface area (TPSA) is 66.4 Å². The second-order valence-corrected chi connectivity index (χ2v) is 8.76. The van der Waals surface area contributed by atoms with Gasteiger partial charge in [-0.15, -0.1) is 0 Å². The van der Waals surface area contributed by atoms with Crippen molar-refractivity contribution in [2.75, 3.05) is 21.1 Å². The highest BCUT2D eigenvalue weighted by molar-refractivity contribution is 5.82. The third-order valence-corrected chi connectivity index (χ3v) is 4.97. The Kier molecular flexibility index (Phi) is 15.8. The van der Waals surface area contributed by atoms with E-state index in [-0.39, 0.29) is 10.4 Å². The van der Waals surface area contributed by atoms with Crippen molar-refractivity contribution in [3.63, 3.8) is 0 Å². The van der Waals surface area contributed by atoms with Gasteiger partial charge >= 0.3 is 5.97 Å². The smallest absolute Gasteiger partial charge is 0.385 e. The molecule has 0 aromatic heterocycles. The molecule has 1 unspecified atom stereocenters. The van der Waals surface area contributed by atoms with Crippen LogP contribution in [0.25, 0.3) is 0 Å². The van der Waals surface area contributed by atoms with Crippen molar-refractivity contribution in [3.8, 4) is 0 Å². The largest absolute Gasteiger partial charge is 0.475 e. The minimum Gasteiger partial charge on any atom is -0.475 e. The Morgan fingerprint density at radius 1 is 0.821 bits per heavy atom. The van der Waals surface area contributed by atoms with Crippen LogP contribution in [0.1, 0.15) is 96.8 Å². The van der Waals surface area contributed by atoms with E-state index in [9.17, 15) is 14.7 Å². The van der Waals surface area contributed by atoms with E-state index >= 15 is 0 Å². The Labute approximate surface area is 173 Å². The number of nitrogens with zero attached hydrogens (tertiary/aromatic N) is 1. The monoisotopic (exact) mass is 397 g/mol. The van der Waals surface area contributed by atoms with Crippen LogP contribution in [0.2, 0.25) is 0 Å². The number of rotatable bonds is 18. The van der Waals surface area contributed by atoms with E-state index in [0.29, 0.717) is 6.42 Å². The molecule has 1 amide bonds. The van der Waals surface area contributed by atoms with Crippen molar-refractivity contribution >= 4 is 11.9 Å².